The lowest BCUT2D eigenvalue weighted by Crippen LogP contribution is -2.30. The van der Waals surface area contributed by atoms with E-state index < -0.39 is 11.2 Å². The molecule has 0 amide bonds. The fourth-order valence-electron chi connectivity index (χ4n) is 1.38. The summed E-state index contributed by atoms with van der Waals surface area (Å²) < 4.78 is 10.0. The summed E-state index contributed by atoms with van der Waals surface area (Å²) >= 11 is 0. The van der Waals surface area contributed by atoms with Crippen LogP contribution in [-0.4, -0.2) is 48.5 Å². The van der Waals surface area contributed by atoms with Gasteiger partial charge in [-0.25, -0.2) is 0 Å². The van der Waals surface area contributed by atoms with Crippen LogP contribution in [0.15, 0.2) is 21.5 Å². The van der Waals surface area contributed by atoms with Gasteiger partial charge in [0.2, 0.25) is 5.43 Å². The van der Waals surface area contributed by atoms with Crippen molar-refractivity contribution in [3.8, 4) is 5.75 Å². The minimum atomic E-state index is -0.470. The molecular weight excluding hydrogens is 226 g/mol. The highest BCUT2D eigenvalue weighted by Crippen LogP contribution is 2.06. The van der Waals surface area contributed by atoms with Gasteiger partial charge in [0.1, 0.15) is 12.0 Å². The average Bonchev–Trinajstić information content (AvgIpc) is 2.31. The maximum atomic E-state index is 11.2. The Balaban J connectivity index is 2.64. The van der Waals surface area contributed by atoms with Crippen LogP contribution in [-0.2, 0) is 11.3 Å². The van der Waals surface area contributed by atoms with Gasteiger partial charge in [-0.05, 0) is 0 Å². The maximum Gasteiger partial charge on any atom is 0.226 e. The summed E-state index contributed by atoms with van der Waals surface area (Å²) in [6.07, 6.45) is 1.02. The molecular formula is C11H17NO5. The average molecular weight is 243 g/mol. The van der Waals surface area contributed by atoms with Gasteiger partial charge < -0.3 is 19.4 Å². The minimum absolute atomic E-state index is 0.0199. The Morgan fingerprint density at radius 2 is 2.24 bits per heavy atom. The maximum absolute atomic E-state index is 11.2. The molecule has 0 saturated carbocycles. The van der Waals surface area contributed by atoms with Gasteiger partial charge in [0.25, 0.3) is 0 Å². The van der Waals surface area contributed by atoms with E-state index >= 15 is 0 Å². The van der Waals surface area contributed by atoms with Crippen LogP contribution in [0.25, 0.3) is 0 Å². The summed E-state index contributed by atoms with van der Waals surface area (Å²) in [7, 11) is 1.60. The molecule has 0 aliphatic rings. The number of hydrogen-bond acceptors (Lipinski definition) is 6. The molecule has 96 valence electrons. The molecule has 2 N–H and O–H groups in total. The van der Waals surface area contributed by atoms with E-state index in [0.29, 0.717) is 32.0 Å². The molecule has 0 spiro atoms. The lowest BCUT2D eigenvalue weighted by Gasteiger charge is -2.19. The number of methoxy groups -OCH3 is 1. The SMILES string of the molecule is COCCN(CCO)Cc1cc(=O)c(O)co1. The largest absolute Gasteiger partial charge is 0.502 e. The highest BCUT2D eigenvalue weighted by atomic mass is 16.5. The first-order valence-electron chi connectivity index (χ1n) is 5.30. The molecule has 1 aromatic heterocycles. The van der Waals surface area contributed by atoms with Gasteiger partial charge in [-0.15, -0.1) is 0 Å². The Morgan fingerprint density at radius 1 is 1.47 bits per heavy atom. The molecule has 1 rings (SSSR count). The van der Waals surface area contributed by atoms with Crippen LogP contribution in [0.4, 0.5) is 0 Å². The van der Waals surface area contributed by atoms with Gasteiger partial charge in [-0.2, -0.15) is 0 Å². The molecule has 6 heteroatoms. The monoisotopic (exact) mass is 243 g/mol. The topological polar surface area (TPSA) is 83.1 Å². The number of aromatic hydroxyl groups is 1. The van der Waals surface area contributed by atoms with E-state index in [9.17, 15) is 4.79 Å². The lowest BCUT2D eigenvalue weighted by molar-refractivity contribution is 0.121. The molecule has 1 aromatic rings. The molecule has 1 heterocycles. The summed E-state index contributed by atoms with van der Waals surface area (Å²) in [4.78, 5) is 13.1. The van der Waals surface area contributed by atoms with E-state index in [1.165, 1.54) is 6.07 Å². The lowest BCUT2D eigenvalue weighted by atomic mass is 10.3. The van der Waals surface area contributed by atoms with Crippen molar-refractivity contribution in [3.63, 3.8) is 0 Å². The number of nitrogens with zero attached hydrogens (tertiary/aromatic N) is 1. The summed E-state index contributed by atoms with van der Waals surface area (Å²) in [6.45, 7) is 2.03. The van der Waals surface area contributed by atoms with Crippen LogP contribution in [0, 0.1) is 0 Å². The van der Waals surface area contributed by atoms with Gasteiger partial charge in [-0.1, -0.05) is 0 Å². The normalized spacial score (nSPS) is 11.0. The minimum Gasteiger partial charge on any atom is -0.502 e. The summed E-state index contributed by atoms with van der Waals surface area (Å²) in [6, 6.07) is 1.24. The molecule has 0 aliphatic heterocycles. The zero-order chi connectivity index (χ0) is 12.7. The van der Waals surface area contributed by atoms with Crippen molar-refractivity contribution < 1.29 is 19.4 Å². The van der Waals surface area contributed by atoms with E-state index in [1.54, 1.807) is 7.11 Å². The molecule has 0 radical (unpaired) electrons. The predicted octanol–water partition coefficient (Wildman–Crippen LogP) is -0.214. The van der Waals surface area contributed by atoms with Crippen molar-refractivity contribution in [1.29, 1.82) is 0 Å². The Hall–Kier alpha value is -1.37. The number of aliphatic hydroxyl groups excluding tert-OH is 1. The first-order chi connectivity index (χ1) is 8.17. The van der Waals surface area contributed by atoms with Crippen molar-refractivity contribution >= 4 is 0 Å². The first kappa shape index (κ1) is 13.7. The standard InChI is InChI=1S/C11H17NO5/c1-16-5-3-12(2-4-13)7-9-6-10(14)11(15)8-17-9/h6,8,13,15H,2-5,7H2,1H3. The molecule has 0 aromatic carbocycles. The Bertz CT molecular complexity index is 390. The van der Waals surface area contributed by atoms with Gasteiger partial charge in [-0.3, -0.25) is 9.69 Å². The van der Waals surface area contributed by atoms with Crippen molar-refractivity contribution in [3.05, 3.63) is 28.3 Å². The van der Waals surface area contributed by atoms with Gasteiger partial charge in [0.05, 0.1) is 19.8 Å². The predicted molar refractivity (Wildman–Crippen MR) is 60.9 cm³/mol. The molecule has 0 saturated heterocycles. The fraction of sp³-hybridized carbons (Fsp3) is 0.545. The smallest absolute Gasteiger partial charge is 0.226 e. The van der Waals surface area contributed by atoms with Crippen molar-refractivity contribution in [2.45, 2.75) is 6.54 Å². The van der Waals surface area contributed by atoms with E-state index in [2.05, 4.69) is 0 Å². The second-order valence-electron chi connectivity index (χ2n) is 3.59. The van der Waals surface area contributed by atoms with Crippen LogP contribution in [0.3, 0.4) is 0 Å². The second-order valence-corrected chi connectivity index (χ2v) is 3.59. The van der Waals surface area contributed by atoms with E-state index in [0.717, 1.165) is 6.26 Å². The van der Waals surface area contributed by atoms with Crippen LogP contribution < -0.4 is 5.43 Å². The Morgan fingerprint density at radius 3 is 2.82 bits per heavy atom. The molecule has 0 unspecified atom stereocenters. The summed E-state index contributed by atoms with van der Waals surface area (Å²) in [5, 5.41) is 17.9. The van der Waals surface area contributed by atoms with Gasteiger partial charge in [0.15, 0.2) is 5.75 Å². The van der Waals surface area contributed by atoms with E-state index in [-0.39, 0.29) is 6.61 Å². The van der Waals surface area contributed by atoms with Crippen molar-refractivity contribution in [1.82, 2.24) is 4.90 Å². The molecule has 6 nitrogen and oxygen atoms in total. The highest BCUT2D eigenvalue weighted by molar-refractivity contribution is 5.15. The molecule has 0 atom stereocenters. The van der Waals surface area contributed by atoms with Crippen LogP contribution in [0.5, 0.6) is 5.75 Å². The number of rotatable bonds is 7. The third kappa shape index (κ3) is 4.56. The van der Waals surface area contributed by atoms with Crippen molar-refractivity contribution in [2.75, 3.05) is 33.4 Å². The van der Waals surface area contributed by atoms with E-state index in [4.69, 9.17) is 19.4 Å². The Kier molecular flexibility index (Phi) is 5.68. The molecule has 0 fully saturated rings. The molecule has 0 bridgehead atoms. The third-order valence-corrected chi connectivity index (χ3v) is 2.27. The quantitative estimate of drug-likeness (QED) is 0.689. The third-order valence-electron chi connectivity index (χ3n) is 2.27. The Labute approximate surface area is 99.0 Å². The second kappa shape index (κ2) is 7.05. The van der Waals surface area contributed by atoms with E-state index in [1.807, 2.05) is 4.90 Å². The van der Waals surface area contributed by atoms with Crippen molar-refractivity contribution in [2.24, 2.45) is 0 Å². The number of ether oxygens (including phenoxy) is 1. The zero-order valence-electron chi connectivity index (χ0n) is 9.76. The van der Waals surface area contributed by atoms with Gasteiger partial charge in [0, 0.05) is 26.3 Å². The molecule has 17 heavy (non-hydrogen) atoms. The number of aliphatic hydroxyl groups is 1. The fourth-order valence-corrected chi connectivity index (χ4v) is 1.38. The molecule has 0 aliphatic carbocycles. The first-order valence-corrected chi connectivity index (χ1v) is 5.30. The zero-order valence-corrected chi connectivity index (χ0v) is 9.76. The highest BCUT2D eigenvalue weighted by Gasteiger charge is 2.08. The summed E-state index contributed by atoms with van der Waals surface area (Å²) in [5.74, 6) is 0.0386. The summed E-state index contributed by atoms with van der Waals surface area (Å²) in [5.41, 5.74) is -0.470. The van der Waals surface area contributed by atoms with Crippen LogP contribution >= 0.6 is 0 Å². The number of hydrogen-bond donors (Lipinski definition) is 2. The van der Waals surface area contributed by atoms with Crippen LogP contribution in [0.1, 0.15) is 5.76 Å². The van der Waals surface area contributed by atoms with Crippen LogP contribution in [0.2, 0.25) is 0 Å². The van der Waals surface area contributed by atoms with Gasteiger partial charge >= 0.3 is 0 Å².